The average Bonchev–Trinajstić information content (AvgIpc) is 2.79. The molecule has 2 rings (SSSR count). The summed E-state index contributed by atoms with van der Waals surface area (Å²) in [5.74, 6) is 1.19. The minimum Gasteiger partial charge on any atom is -0.424 e. The van der Waals surface area contributed by atoms with Gasteiger partial charge in [0.25, 0.3) is 0 Å². The molecule has 0 amide bonds. The topological polar surface area (TPSA) is 64.9 Å². The first-order chi connectivity index (χ1) is 8.25. The summed E-state index contributed by atoms with van der Waals surface area (Å²) in [5, 5.41) is 7.87. The molecule has 1 unspecified atom stereocenters. The van der Waals surface area contributed by atoms with Crippen LogP contribution in [0.5, 0.6) is 0 Å². The number of aromatic nitrogens is 2. The Balaban J connectivity index is 1.82. The van der Waals surface area contributed by atoms with E-state index in [1.165, 1.54) is 5.56 Å². The standard InChI is InChI=1S/C13H17N3O/c1-10(14)13-16-15-12(17-13)9-5-8-11-6-3-2-4-7-11/h2-4,6-7,10H,5,8-9,14H2,1H3. The molecular formula is C13H17N3O. The molecule has 0 bridgehead atoms. The Bertz CT molecular complexity index is 451. The highest BCUT2D eigenvalue weighted by atomic mass is 16.4. The zero-order valence-electron chi connectivity index (χ0n) is 9.97. The van der Waals surface area contributed by atoms with Crippen molar-refractivity contribution in [1.82, 2.24) is 10.2 Å². The van der Waals surface area contributed by atoms with Gasteiger partial charge in [0, 0.05) is 6.42 Å². The second-order valence-electron chi connectivity index (χ2n) is 4.16. The number of rotatable bonds is 5. The fourth-order valence-electron chi connectivity index (χ4n) is 1.64. The van der Waals surface area contributed by atoms with Gasteiger partial charge < -0.3 is 10.2 Å². The Morgan fingerprint density at radius 2 is 1.94 bits per heavy atom. The Kier molecular flexibility index (Phi) is 3.88. The first-order valence-corrected chi connectivity index (χ1v) is 5.87. The van der Waals surface area contributed by atoms with E-state index in [1.807, 2.05) is 13.0 Å². The number of aryl methyl sites for hydroxylation is 2. The van der Waals surface area contributed by atoms with E-state index >= 15 is 0 Å². The Morgan fingerprint density at radius 3 is 2.59 bits per heavy atom. The summed E-state index contributed by atoms with van der Waals surface area (Å²) in [5.41, 5.74) is 6.98. The Hall–Kier alpha value is -1.68. The third-order valence-corrected chi connectivity index (χ3v) is 2.57. The highest BCUT2D eigenvalue weighted by Gasteiger charge is 2.09. The van der Waals surface area contributed by atoms with Crippen LogP contribution in [-0.2, 0) is 12.8 Å². The molecular weight excluding hydrogens is 214 g/mol. The van der Waals surface area contributed by atoms with Gasteiger partial charge in [0.1, 0.15) is 0 Å². The van der Waals surface area contributed by atoms with Crippen LogP contribution < -0.4 is 5.73 Å². The van der Waals surface area contributed by atoms with E-state index < -0.39 is 0 Å². The lowest BCUT2D eigenvalue weighted by molar-refractivity contribution is 0.423. The molecule has 1 atom stereocenters. The number of hydrogen-bond donors (Lipinski definition) is 1. The van der Waals surface area contributed by atoms with Crippen LogP contribution in [0.3, 0.4) is 0 Å². The zero-order valence-corrected chi connectivity index (χ0v) is 9.97. The van der Waals surface area contributed by atoms with Crippen molar-refractivity contribution in [2.24, 2.45) is 5.73 Å². The van der Waals surface area contributed by atoms with Gasteiger partial charge in [-0.05, 0) is 25.3 Å². The van der Waals surface area contributed by atoms with Crippen molar-refractivity contribution in [1.29, 1.82) is 0 Å². The van der Waals surface area contributed by atoms with Crippen LogP contribution in [0.4, 0.5) is 0 Å². The first kappa shape index (κ1) is 11.8. The van der Waals surface area contributed by atoms with Crippen molar-refractivity contribution in [2.45, 2.75) is 32.2 Å². The van der Waals surface area contributed by atoms with E-state index in [9.17, 15) is 0 Å². The lowest BCUT2D eigenvalue weighted by Gasteiger charge is -1.98. The van der Waals surface area contributed by atoms with Gasteiger partial charge in [0.05, 0.1) is 6.04 Å². The molecule has 0 aliphatic rings. The van der Waals surface area contributed by atoms with Gasteiger partial charge in [-0.25, -0.2) is 0 Å². The molecule has 2 N–H and O–H groups in total. The molecule has 0 aliphatic carbocycles. The van der Waals surface area contributed by atoms with E-state index in [-0.39, 0.29) is 6.04 Å². The quantitative estimate of drug-likeness (QED) is 0.857. The van der Waals surface area contributed by atoms with Crippen LogP contribution in [-0.4, -0.2) is 10.2 Å². The van der Waals surface area contributed by atoms with Crippen LogP contribution in [0.15, 0.2) is 34.7 Å². The maximum atomic E-state index is 5.65. The van der Waals surface area contributed by atoms with Crippen molar-refractivity contribution < 1.29 is 4.42 Å². The molecule has 0 saturated heterocycles. The van der Waals surface area contributed by atoms with E-state index in [1.54, 1.807) is 0 Å². The molecule has 17 heavy (non-hydrogen) atoms. The van der Waals surface area contributed by atoms with Crippen LogP contribution in [0.1, 0.15) is 36.7 Å². The molecule has 2 aromatic rings. The minimum atomic E-state index is -0.189. The van der Waals surface area contributed by atoms with Crippen LogP contribution >= 0.6 is 0 Å². The maximum absolute atomic E-state index is 5.65. The Morgan fingerprint density at radius 1 is 1.18 bits per heavy atom. The molecule has 90 valence electrons. The molecule has 1 aromatic carbocycles. The average molecular weight is 231 g/mol. The van der Waals surface area contributed by atoms with E-state index in [0.717, 1.165) is 19.3 Å². The predicted octanol–water partition coefficient (Wildman–Crippen LogP) is 2.26. The minimum absolute atomic E-state index is 0.189. The maximum Gasteiger partial charge on any atom is 0.232 e. The molecule has 0 radical (unpaired) electrons. The Labute approximate surface area is 101 Å². The largest absolute Gasteiger partial charge is 0.424 e. The lowest BCUT2D eigenvalue weighted by Crippen LogP contribution is -2.04. The zero-order chi connectivity index (χ0) is 12.1. The highest BCUT2D eigenvalue weighted by molar-refractivity contribution is 5.14. The highest BCUT2D eigenvalue weighted by Crippen LogP contribution is 2.10. The molecule has 0 spiro atoms. The number of hydrogen-bond acceptors (Lipinski definition) is 4. The first-order valence-electron chi connectivity index (χ1n) is 5.87. The van der Waals surface area contributed by atoms with Gasteiger partial charge in [0.2, 0.25) is 11.8 Å². The second kappa shape index (κ2) is 5.59. The summed E-state index contributed by atoms with van der Waals surface area (Å²) in [7, 11) is 0. The third kappa shape index (κ3) is 3.39. The van der Waals surface area contributed by atoms with Crippen molar-refractivity contribution in [3.8, 4) is 0 Å². The van der Waals surface area contributed by atoms with Gasteiger partial charge in [-0.3, -0.25) is 0 Å². The number of nitrogens with two attached hydrogens (primary N) is 1. The van der Waals surface area contributed by atoms with Crippen LogP contribution in [0.25, 0.3) is 0 Å². The van der Waals surface area contributed by atoms with Crippen LogP contribution in [0.2, 0.25) is 0 Å². The molecule has 4 heteroatoms. The van der Waals surface area contributed by atoms with Gasteiger partial charge in [0.15, 0.2) is 0 Å². The lowest BCUT2D eigenvalue weighted by atomic mass is 10.1. The molecule has 4 nitrogen and oxygen atoms in total. The summed E-state index contributed by atoms with van der Waals surface area (Å²) in [6.45, 7) is 1.83. The fourth-order valence-corrected chi connectivity index (χ4v) is 1.64. The van der Waals surface area contributed by atoms with Crippen LogP contribution in [0, 0.1) is 0 Å². The number of nitrogens with zero attached hydrogens (tertiary/aromatic N) is 2. The molecule has 0 saturated carbocycles. The molecule has 0 fully saturated rings. The SMILES string of the molecule is CC(N)c1nnc(CCCc2ccccc2)o1. The molecule has 1 heterocycles. The molecule has 0 aliphatic heterocycles. The van der Waals surface area contributed by atoms with E-state index in [2.05, 4.69) is 34.5 Å². The third-order valence-electron chi connectivity index (χ3n) is 2.57. The van der Waals surface area contributed by atoms with Crippen molar-refractivity contribution in [2.75, 3.05) is 0 Å². The normalized spacial score (nSPS) is 12.6. The summed E-state index contributed by atoms with van der Waals surface area (Å²) < 4.78 is 5.44. The van der Waals surface area contributed by atoms with Crippen molar-refractivity contribution in [3.05, 3.63) is 47.7 Å². The summed E-state index contributed by atoms with van der Waals surface area (Å²) in [6.07, 6.45) is 2.83. The molecule has 1 aromatic heterocycles. The van der Waals surface area contributed by atoms with Gasteiger partial charge in [-0.2, -0.15) is 0 Å². The predicted molar refractivity (Wildman–Crippen MR) is 65.4 cm³/mol. The van der Waals surface area contributed by atoms with Crippen molar-refractivity contribution >= 4 is 0 Å². The summed E-state index contributed by atoms with van der Waals surface area (Å²) in [4.78, 5) is 0. The number of benzene rings is 1. The van der Waals surface area contributed by atoms with E-state index in [0.29, 0.717) is 11.8 Å². The van der Waals surface area contributed by atoms with Gasteiger partial charge in [-0.1, -0.05) is 30.3 Å². The van der Waals surface area contributed by atoms with E-state index in [4.69, 9.17) is 10.2 Å². The summed E-state index contributed by atoms with van der Waals surface area (Å²) in [6, 6.07) is 10.2. The monoisotopic (exact) mass is 231 g/mol. The fraction of sp³-hybridized carbons (Fsp3) is 0.385. The van der Waals surface area contributed by atoms with Gasteiger partial charge >= 0.3 is 0 Å². The smallest absolute Gasteiger partial charge is 0.232 e. The second-order valence-corrected chi connectivity index (χ2v) is 4.16. The van der Waals surface area contributed by atoms with Gasteiger partial charge in [-0.15, -0.1) is 10.2 Å². The summed E-state index contributed by atoms with van der Waals surface area (Å²) >= 11 is 0. The van der Waals surface area contributed by atoms with Crippen molar-refractivity contribution in [3.63, 3.8) is 0 Å².